The van der Waals surface area contributed by atoms with Crippen molar-refractivity contribution in [3.05, 3.63) is 70.5 Å². The molecule has 2 heteroatoms. The van der Waals surface area contributed by atoms with Crippen LogP contribution in [0.4, 0.5) is 4.39 Å². The van der Waals surface area contributed by atoms with Crippen molar-refractivity contribution in [2.45, 2.75) is 39.2 Å². The number of hydrogen-bond acceptors (Lipinski definition) is 1. The standard InChI is InChI=1S/C18H21FO/c1-13-8-14(2)10-15(9-13)11-18(3,20)12-16-6-4-5-7-17(16)19/h4-10,20H,11-12H2,1-3H3. The fraction of sp³-hybridized carbons (Fsp3) is 0.333. The number of hydrogen-bond donors (Lipinski definition) is 1. The van der Waals surface area contributed by atoms with Crippen LogP contribution in [0.15, 0.2) is 42.5 Å². The number of aryl methyl sites for hydroxylation is 2. The number of aliphatic hydroxyl groups is 1. The van der Waals surface area contributed by atoms with E-state index in [-0.39, 0.29) is 5.82 Å². The summed E-state index contributed by atoms with van der Waals surface area (Å²) in [5, 5.41) is 10.6. The van der Waals surface area contributed by atoms with Crippen molar-refractivity contribution in [1.29, 1.82) is 0 Å². The normalized spacial score (nSPS) is 14.1. The first-order valence-corrected chi connectivity index (χ1v) is 6.89. The minimum atomic E-state index is -0.956. The second-order valence-corrected chi connectivity index (χ2v) is 5.94. The monoisotopic (exact) mass is 272 g/mol. The lowest BCUT2D eigenvalue weighted by atomic mass is 9.88. The molecule has 0 heterocycles. The van der Waals surface area contributed by atoms with Crippen LogP contribution in [0.25, 0.3) is 0 Å². The molecule has 0 amide bonds. The van der Waals surface area contributed by atoms with E-state index in [1.807, 2.05) is 13.8 Å². The molecule has 0 radical (unpaired) electrons. The predicted molar refractivity (Wildman–Crippen MR) is 80.3 cm³/mol. The lowest BCUT2D eigenvalue weighted by Gasteiger charge is -2.24. The van der Waals surface area contributed by atoms with Gasteiger partial charge in [-0.15, -0.1) is 0 Å². The molecule has 0 saturated heterocycles. The minimum Gasteiger partial charge on any atom is -0.389 e. The molecule has 0 aliphatic carbocycles. The van der Waals surface area contributed by atoms with E-state index < -0.39 is 5.60 Å². The van der Waals surface area contributed by atoms with E-state index in [2.05, 4.69) is 18.2 Å². The van der Waals surface area contributed by atoms with Crippen LogP contribution in [0.5, 0.6) is 0 Å². The molecule has 1 nitrogen and oxygen atoms in total. The maximum Gasteiger partial charge on any atom is 0.126 e. The number of halogens is 1. The van der Waals surface area contributed by atoms with Gasteiger partial charge in [-0.2, -0.15) is 0 Å². The SMILES string of the molecule is Cc1cc(C)cc(CC(C)(O)Cc2ccccc2F)c1. The highest BCUT2D eigenvalue weighted by Gasteiger charge is 2.23. The Morgan fingerprint density at radius 2 is 1.60 bits per heavy atom. The summed E-state index contributed by atoms with van der Waals surface area (Å²) in [6.45, 7) is 5.85. The van der Waals surface area contributed by atoms with Crippen LogP contribution in [0.2, 0.25) is 0 Å². The third-order valence-electron chi connectivity index (χ3n) is 3.40. The smallest absolute Gasteiger partial charge is 0.126 e. The molecule has 1 atom stereocenters. The summed E-state index contributed by atoms with van der Waals surface area (Å²) in [5.74, 6) is -0.256. The summed E-state index contributed by atoms with van der Waals surface area (Å²) < 4.78 is 13.7. The van der Waals surface area contributed by atoms with Gasteiger partial charge in [0, 0.05) is 12.8 Å². The van der Waals surface area contributed by atoms with Crippen LogP contribution in [0.3, 0.4) is 0 Å². The third kappa shape index (κ3) is 3.91. The summed E-state index contributed by atoms with van der Waals surface area (Å²) in [4.78, 5) is 0. The molecule has 0 aromatic heterocycles. The van der Waals surface area contributed by atoms with E-state index in [4.69, 9.17) is 0 Å². The number of rotatable bonds is 4. The van der Waals surface area contributed by atoms with Crippen molar-refractivity contribution in [3.8, 4) is 0 Å². The fourth-order valence-corrected chi connectivity index (χ4v) is 2.73. The minimum absolute atomic E-state index is 0.256. The zero-order chi connectivity index (χ0) is 14.8. The molecule has 106 valence electrons. The van der Waals surface area contributed by atoms with Crippen LogP contribution < -0.4 is 0 Å². The van der Waals surface area contributed by atoms with Gasteiger partial charge in [0.2, 0.25) is 0 Å². The van der Waals surface area contributed by atoms with Crippen molar-refractivity contribution in [1.82, 2.24) is 0 Å². The molecular formula is C18H21FO. The predicted octanol–water partition coefficient (Wildman–Crippen LogP) is 3.98. The number of benzene rings is 2. The quantitative estimate of drug-likeness (QED) is 0.892. The first-order chi connectivity index (χ1) is 9.35. The molecule has 20 heavy (non-hydrogen) atoms. The first kappa shape index (κ1) is 14.7. The highest BCUT2D eigenvalue weighted by molar-refractivity contribution is 5.30. The van der Waals surface area contributed by atoms with Gasteiger partial charge in [-0.3, -0.25) is 0 Å². The van der Waals surface area contributed by atoms with Crippen molar-refractivity contribution in [2.75, 3.05) is 0 Å². The second-order valence-electron chi connectivity index (χ2n) is 5.94. The Hall–Kier alpha value is -1.67. The highest BCUT2D eigenvalue weighted by Crippen LogP contribution is 2.21. The van der Waals surface area contributed by atoms with E-state index >= 15 is 0 Å². The van der Waals surface area contributed by atoms with Crippen LogP contribution in [-0.2, 0) is 12.8 Å². The summed E-state index contributed by atoms with van der Waals surface area (Å²) in [6, 6.07) is 12.9. The Balaban J connectivity index is 2.16. The zero-order valence-corrected chi connectivity index (χ0v) is 12.3. The van der Waals surface area contributed by atoms with E-state index in [0.717, 1.165) is 5.56 Å². The van der Waals surface area contributed by atoms with Gasteiger partial charge in [-0.25, -0.2) is 4.39 Å². The van der Waals surface area contributed by atoms with Crippen molar-refractivity contribution < 1.29 is 9.50 Å². The van der Waals surface area contributed by atoms with Gasteiger partial charge in [-0.1, -0.05) is 47.5 Å². The molecule has 0 bridgehead atoms. The molecule has 0 spiro atoms. The molecule has 2 aromatic rings. The Morgan fingerprint density at radius 1 is 1.00 bits per heavy atom. The largest absolute Gasteiger partial charge is 0.389 e. The van der Waals surface area contributed by atoms with Crippen LogP contribution in [0, 0.1) is 19.7 Å². The van der Waals surface area contributed by atoms with Crippen LogP contribution in [0.1, 0.15) is 29.2 Å². The van der Waals surface area contributed by atoms with Gasteiger partial charge >= 0.3 is 0 Å². The van der Waals surface area contributed by atoms with Crippen molar-refractivity contribution in [2.24, 2.45) is 0 Å². The fourth-order valence-electron chi connectivity index (χ4n) is 2.73. The Kier molecular flexibility index (Phi) is 4.24. The summed E-state index contributed by atoms with van der Waals surface area (Å²) >= 11 is 0. The van der Waals surface area contributed by atoms with Gasteiger partial charge in [0.15, 0.2) is 0 Å². The maximum atomic E-state index is 13.7. The van der Waals surface area contributed by atoms with Gasteiger partial charge < -0.3 is 5.11 Å². The third-order valence-corrected chi connectivity index (χ3v) is 3.40. The second kappa shape index (κ2) is 5.76. The molecule has 2 rings (SSSR count). The Bertz CT molecular complexity index is 582. The van der Waals surface area contributed by atoms with E-state index in [1.165, 1.54) is 17.2 Å². The molecule has 0 saturated carbocycles. The molecule has 1 N–H and O–H groups in total. The lowest BCUT2D eigenvalue weighted by molar-refractivity contribution is 0.0599. The zero-order valence-electron chi connectivity index (χ0n) is 12.3. The molecule has 0 aliphatic rings. The highest BCUT2D eigenvalue weighted by atomic mass is 19.1. The topological polar surface area (TPSA) is 20.2 Å². The summed E-state index contributed by atoms with van der Waals surface area (Å²) in [5.41, 5.74) is 3.05. The Morgan fingerprint density at radius 3 is 2.20 bits per heavy atom. The maximum absolute atomic E-state index is 13.7. The average Bonchev–Trinajstić information content (AvgIpc) is 2.29. The van der Waals surface area contributed by atoms with E-state index in [9.17, 15) is 9.50 Å². The Labute approximate surface area is 120 Å². The van der Waals surface area contributed by atoms with Gasteiger partial charge in [0.1, 0.15) is 5.82 Å². The van der Waals surface area contributed by atoms with Crippen molar-refractivity contribution >= 4 is 0 Å². The van der Waals surface area contributed by atoms with Gasteiger partial charge in [0.05, 0.1) is 5.60 Å². The van der Waals surface area contributed by atoms with E-state index in [1.54, 1.807) is 25.1 Å². The van der Waals surface area contributed by atoms with E-state index in [0.29, 0.717) is 18.4 Å². The molecule has 1 unspecified atom stereocenters. The summed E-state index contributed by atoms with van der Waals surface area (Å²) in [6.07, 6.45) is 0.830. The molecule has 0 aliphatic heterocycles. The summed E-state index contributed by atoms with van der Waals surface area (Å²) in [7, 11) is 0. The van der Waals surface area contributed by atoms with Gasteiger partial charge in [0.25, 0.3) is 0 Å². The van der Waals surface area contributed by atoms with Gasteiger partial charge in [-0.05, 0) is 38.0 Å². The molecule has 0 fully saturated rings. The average molecular weight is 272 g/mol. The molecule has 2 aromatic carbocycles. The lowest BCUT2D eigenvalue weighted by Crippen LogP contribution is -2.30. The first-order valence-electron chi connectivity index (χ1n) is 6.89. The van der Waals surface area contributed by atoms with Crippen molar-refractivity contribution in [3.63, 3.8) is 0 Å². The van der Waals surface area contributed by atoms with Crippen LogP contribution >= 0.6 is 0 Å². The molecular weight excluding hydrogens is 251 g/mol. The van der Waals surface area contributed by atoms with Crippen LogP contribution in [-0.4, -0.2) is 10.7 Å².